The number of hydrogen-bond acceptors (Lipinski definition) is 0. The average molecular weight is 447 g/mol. The topological polar surface area (TPSA) is 0 Å². The van der Waals surface area contributed by atoms with Gasteiger partial charge in [0.2, 0.25) is 0 Å². The van der Waals surface area contributed by atoms with Gasteiger partial charge in [0.1, 0.15) is 0 Å². The Bertz CT molecular complexity index is 381. The maximum atomic E-state index is 2.22. The third kappa shape index (κ3) is 14.1. The summed E-state index contributed by atoms with van der Waals surface area (Å²) in [5.41, 5.74) is 5.65. The molecule has 0 spiro atoms. The van der Waals surface area contributed by atoms with Gasteiger partial charge in [0, 0.05) is 0 Å². The zero-order valence-corrected chi connectivity index (χ0v) is 18.4. The predicted octanol–water partition coefficient (Wildman–Crippen LogP) is -7.43. The van der Waals surface area contributed by atoms with E-state index in [4.69, 9.17) is 0 Å². The molecule has 0 atom stereocenters. The summed E-state index contributed by atoms with van der Waals surface area (Å²) in [5.74, 6) is 0. The third-order valence-corrected chi connectivity index (χ3v) is 2.76. The van der Waals surface area contributed by atoms with Crippen LogP contribution in [0.4, 0.5) is 0 Å². The van der Waals surface area contributed by atoms with E-state index in [1.54, 1.807) is 0 Å². The molecule has 0 nitrogen and oxygen atoms in total. The molecule has 5 heteroatoms. The van der Waals surface area contributed by atoms with Gasteiger partial charge in [0.05, 0.1) is 0 Å². The summed E-state index contributed by atoms with van der Waals surface area (Å²) in [4.78, 5) is 0. The minimum atomic E-state index is 0. The molecule has 0 unspecified atom stereocenters. The zero-order chi connectivity index (χ0) is 12.0. The summed E-state index contributed by atoms with van der Waals surface area (Å²) in [6.07, 6.45) is 2.32. The molecule has 0 N–H and O–H groups in total. The van der Waals surface area contributed by atoms with E-state index in [1.807, 2.05) is 0 Å². The smallest absolute Gasteiger partial charge is 1.00 e. The van der Waals surface area contributed by atoms with E-state index in [1.165, 1.54) is 22.3 Å². The first-order valence-electron chi connectivity index (χ1n) is 6.10. The van der Waals surface area contributed by atoms with Crippen LogP contribution in [0.5, 0.6) is 0 Å². The first-order valence-corrected chi connectivity index (χ1v) is 6.10. The van der Waals surface area contributed by atoms with E-state index in [0.29, 0.717) is 0 Å². The van der Waals surface area contributed by atoms with Crippen LogP contribution in [-0.2, 0) is 39.0 Å². The van der Waals surface area contributed by atoms with Crippen molar-refractivity contribution in [3.63, 3.8) is 0 Å². The molecule has 21 heavy (non-hydrogen) atoms. The molecular weight excluding hydrogens is 425 g/mol. The minimum absolute atomic E-state index is 0. The molecule has 120 valence electrons. The fourth-order valence-electron chi connectivity index (χ4n) is 1.69. The van der Waals surface area contributed by atoms with E-state index in [2.05, 4.69) is 64.1 Å². The van der Waals surface area contributed by atoms with Crippen molar-refractivity contribution >= 4 is 0 Å². The van der Waals surface area contributed by atoms with E-state index >= 15 is 0 Å². The molecule has 0 aromatic heterocycles. The Labute approximate surface area is 174 Å². The molecule has 0 amide bonds. The van der Waals surface area contributed by atoms with Gasteiger partial charge >= 0.3 is 26.2 Å². The van der Waals surface area contributed by atoms with Gasteiger partial charge in [-0.15, -0.1) is 0 Å². The molecule has 0 bridgehead atoms. The Morgan fingerprint density at radius 2 is 1.00 bits per heavy atom. The molecule has 0 saturated heterocycles. The van der Waals surface area contributed by atoms with Crippen molar-refractivity contribution in [3.05, 3.63) is 58.7 Å². The Morgan fingerprint density at radius 3 is 1.10 bits per heavy atom. The Hall–Kier alpha value is 0.743. The molecule has 0 radical (unpaired) electrons. The van der Waals surface area contributed by atoms with Crippen LogP contribution >= 0.6 is 0 Å². The van der Waals surface area contributed by atoms with E-state index in [-0.39, 0.29) is 75.8 Å². The van der Waals surface area contributed by atoms with Crippen LogP contribution in [0.15, 0.2) is 36.4 Å². The van der Waals surface area contributed by atoms with Gasteiger partial charge < -0.3 is 49.6 Å². The van der Waals surface area contributed by atoms with Crippen LogP contribution in [0.1, 0.15) is 36.1 Å². The van der Waals surface area contributed by atoms with Crippen LogP contribution in [-0.4, -0.2) is 0 Å². The summed E-state index contributed by atoms with van der Waals surface area (Å²) in [6.45, 7) is 8.60. The molecule has 0 aliphatic carbocycles. The molecule has 0 fully saturated rings. The van der Waals surface area contributed by atoms with E-state index < -0.39 is 0 Å². The standard InChI is InChI=1S/2C8H11.4ClH.Zr/c2*1-3-8-5-4-7(2)6-8;;;;;/h2*4-6H,3H2,1-2H3;4*1H;/q2*-1;;;;;+4/p-4. The van der Waals surface area contributed by atoms with Crippen LogP contribution in [0.3, 0.4) is 0 Å². The van der Waals surface area contributed by atoms with Crippen LogP contribution in [0.2, 0.25) is 0 Å². The summed E-state index contributed by atoms with van der Waals surface area (Å²) >= 11 is 0. The molecule has 0 aliphatic rings. The molecule has 0 aliphatic heterocycles. The molecule has 0 saturated carbocycles. The summed E-state index contributed by atoms with van der Waals surface area (Å²) < 4.78 is 0. The van der Waals surface area contributed by atoms with Crippen molar-refractivity contribution in [3.8, 4) is 0 Å². The zero-order valence-electron chi connectivity index (χ0n) is 12.9. The van der Waals surface area contributed by atoms with Crippen molar-refractivity contribution in [1.29, 1.82) is 0 Å². The molecular formula is C16H22Cl4Zr-2. The van der Waals surface area contributed by atoms with Gasteiger partial charge in [-0.3, -0.25) is 0 Å². The fraction of sp³-hybridized carbons (Fsp3) is 0.375. The Balaban J connectivity index is -0.0000000656. The second-order valence-corrected chi connectivity index (χ2v) is 4.30. The van der Waals surface area contributed by atoms with Crippen molar-refractivity contribution in [1.82, 2.24) is 0 Å². The van der Waals surface area contributed by atoms with Gasteiger partial charge in [0.25, 0.3) is 0 Å². The van der Waals surface area contributed by atoms with Crippen LogP contribution in [0.25, 0.3) is 0 Å². The predicted molar refractivity (Wildman–Crippen MR) is 72.3 cm³/mol. The summed E-state index contributed by atoms with van der Waals surface area (Å²) in [5, 5.41) is 0. The van der Waals surface area contributed by atoms with E-state index in [0.717, 1.165) is 12.8 Å². The molecule has 2 aromatic carbocycles. The van der Waals surface area contributed by atoms with Crippen LogP contribution in [0, 0.1) is 13.8 Å². The average Bonchev–Trinajstić information content (AvgIpc) is 2.88. The van der Waals surface area contributed by atoms with Gasteiger partial charge in [0.15, 0.2) is 0 Å². The second-order valence-electron chi connectivity index (χ2n) is 4.30. The van der Waals surface area contributed by atoms with Crippen LogP contribution < -0.4 is 49.6 Å². The van der Waals surface area contributed by atoms with Gasteiger partial charge in [-0.25, -0.2) is 12.1 Å². The quantitative estimate of drug-likeness (QED) is 0.402. The second kappa shape index (κ2) is 18.8. The third-order valence-electron chi connectivity index (χ3n) is 2.76. The van der Waals surface area contributed by atoms with Gasteiger partial charge in [-0.05, 0) is 0 Å². The van der Waals surface area contributed by atoms with Gasteiger partial charge in [-0.2, -0.15) is 46.5 Å². The molecule has 0 heterocycles. The number of rotatable bonds is 2. The van der Waals surface area contributed by atoms with Crippen molar-refractivity contribution in [2.45, 2.75) is 40.5 Å². The van der Waals surface area contributed by atoms with Gasteiger partial charge in [-0.1, -0.05) is 40.5 Å². The first-order chi connectivity index (χ1) is 7.65. The monoisotopic (exact) mass is 444 g/mol. The number of aryl methyl sites for hydroxylation is 4. The SMILES string of the molecule is CCc1cc[c-](C)c1.CCc1cc[c-](C)c1.[Cl-].[Cl-].[Cl-].[Cl-].[Zr+4]. The minimum Gasteiger partial charge on any atom is -1.00 e. The van der Waals surface area contributed by atoms with Crippen molar-refractivity contribution in [2.75, 3.05) is 0 Å². The maximum Gasteiger partial charge on any atom is 4.00 e. The maximum absolute atomic E-state index is 2.22. The summed E-state index contributed by atoms with van der Waals surface area (Å²) in [6, 6.07) is 13.1. The number of halogens is 4. The van der Waals surface area contributed by atoms with Crippen molar-refractivity contribution in [2.24, 2.45) is 0 Å². The Kier molecular flexibility index (Phi) is 29.9. The largest absolute Gasteiger partial charge is 4.00 e. The Morgan fingerprint density at radius 1 is 0.714 bits per heavy atom. The normalized spacial score (nSPS) is 7.43. The first kappa shape index (κ1) is 33.4. The molecule has 2 rings (SSSR count). The fourth-order valence-corrected chi connectivity index (χ4v) is 1.69. The van der Waals surface area contributed by atoms with E-state index in [9.17, 15) is 0 Å². The summed E-state index contributed by atoms with van der Waals surface area (Å²) in [7, 11) is 0. The van der Waals surface area contributed by atoms with Crippen molar-refractivity contribution < 1.29 is 75.8 Å². The molecule has 2 aromatic rings. The number of hydrogen-bond donors (Lipinski definition) is 0.